The first-order chi connectivity index (χ1) is 2.71. The summed E-state index contributed by atoms with van der Waals surface area (Å²) in [6.45, 7) is 0. The van der Waals surface area contributed by atoms with Gasteiger partial charge < -0.3 is 0 Å². The molecular formula is CH3PS4. The van der Waals surface area contributed by atoms with Crippen LogP contribution < -0.4 is 0 Å². The van der Waals surface area contributed by atoms with E-state index in [0.29, 0.717) is 0 Å². The maximum absolute atomic E-state index is 4.94. The monoisotopic (exact) mass is 174 g/mol. The molecule has 0 aliphatic carbocycles. The lowest BCUT2D eigenvalue weighted by Crippen LogP contribution is -1.96. The Labute approximate surface area is 52.2 Å². The Morgan fingerprint density at radius 2 is 2.00 bits per heavy atom. The second kappa shape index (κ2) is 1.82. The smallest absolute Gasteiger partial charge is 0.0391 e. The molecular weight excluding hydrogens is 171 g/mol. The van der Waals surface area contributed by atoms with Gasteiger partial charge in [-0.1, -0.05) is 10.4 Å². The summed E-state index contributed by atoms with van der Waals surface area (Å²) >= 11 is 9.88. The average molecular weight is 174 g/mol. The van der Waals surface area contributed by atoms with Crippen LogP contribution in [0.1, 0.15) is 0 Å². The first-order valence-corrected chi connectivity index (χ1v) is 8.26. The molecule has 1 saturated heterocycles. The molecule has 1 unspecified atom stereocenters. The van der Waals surface area contributed by atoms with Gasteiger partial charge in [-0.25, -0.2) is 0 Å². The normalized spacial score (nSPS) is 32.7. The molecule has 6 heavy (non-hydrogen) atoms. The van der Waals surface area contributed by atoms with E-state index in [0.717, 1.165) is 13.3 Å². The third-order valence-electron chi connectivity index (χ3n) is 0.422. The van der Waals surface area contributed by atoms with Crippen molar-refractivity contribution in [3.8, 4) is 0 Å². The van der Waals surface area contributed by atoms with E-state index in [1.165, 1.54) is 0 Å². The fourth-order valence-electron chi connectivity index (χ4n) is 0.155. The van der Waals surface area contributed by atoms with Crippen LogP contribution in [0.4, 0.5) is 0 Å². The Morgan fingerprint density at radius 1 is 1.67 bits per heavy atom. The average Bonchev–Trinajstić information content (AvgIpc) is 1.32. The van der Waals surface area contributed by atoms with Crippen molar-refractivity contribution in [2.75, 3.05) is 5.49 Å². The molecule has 0 aromatic rings. The largest absolute Gasteiger partial charge is 0.0610 e. The molecule has 0 radical (unpaired) electrons. The van der Waals surface area contributed by atoms with E-state index in [-0.39, 0.29) is 0 Å². The Bertz CT molecular complexity index is 122. The number of rotatable bonds is 0. The molecule has 1 rings (SSSR count). The van der Waals surface area contributed by atoms with E-state index >= 15 is 0 Å². The molecule has 1 heterocycles. The highest BCUT2D eigenvalue weighted by atomic mass is 33.6. The Morgan fingerprint density at radius 3 is 2.00 bits per heavy atom. The van der Waals surface area contributed by atoms with Gasteiger partial charge in [0, 0.05) is 5.49 Å². The highest BCUT2D eigenvalue weighted by molar-refractivity contribution is 9.16. The molecule has 0 nitrogen and oxygen atoms in total. The number of hydrogen-bond acceptors (Lipinski definition) is 3. The van der Waals surface area contributed by atoms with E-state index in [2.05, 4.69) is 0 Å². The Balaban J connectivity index is 2.78. The second-order valence-corrected chi connectivity index (χ2v) is 13.5. The second-order valence-electron chi connectivity index (χ2n) is 0.930. The third kappa shape index (κ3) is 1.27. The summed E-state index contributed by atoms with van der Waals surface area (Å²) in [5.41, 5.74) is 1.16. The Hall–Kier alpha value is 1.57. The van der Waals surface area contributed by atoms with Crippen LogP contribution in [0.3, 0.4) is 0 Å². The first kappa shape index (κ1) is 5.70. The maximum Gasteiger partial charge on any atom is 0.0391 e. The zero-order valence-electron chi connectivity index (χ0n) is 2.84. The molecule has 0 saturated carbocycles. The SMILES string of the molecule is S=S1(=S)CPS1. The molecule has 1 fully saturated rings. The van der Waals surface area contributed by atoms with Crippen LogP contribution in [-0.4, -0.2) is 5.49 Å². The van der Waals surface area contributed by atoms with E-state index in [1.807, 2.05) is 0 Å². The Kier molecular flexibility index (Phi) is 1.73. The molecule has 0 bridgehead atoms. The maximum atomic E-state index is 4.94. The van der Waals surface area contributed by atoms with Gasteiger partial charge in [-0.15, -0.1) is 0 Å². The van der Waals surface area contributed by atoms with Gasteiger partial charge in [0.15, 0.2) is 0 Å². The molecule has 0 aromatic heterocycles. The zero-order valence-corrected chi connectivity index (χ0v) is 7.11. The van der Waals surface area contributed by atoms with Gasteiger partial charge in [-0.2, -0.15) is 0 Å². The minimum atomic E-state index is -0.886. The number of hydrogen-bond donors (Lipinski definition) is 0. The van der Waals surface area contributed by atoms with Crippen molar-refractivity contribution in [3.05, 3.63) is 0 Å². The quantitative estimate of drug-likeness (QED) is 0.401. The molecule has 5 heteroatoms. The topological polar surface area (TPSA) is 0 Å². The highest BCUT2D eigenvalue weighted by Crippen LogP contribution is 2.49. The summed E-state index contributed by atoms with van der Waals surface area (Å²) in [4.78, 5) is 0. The molecule has 0 amide bonds. The van der Waals surface area contributed by atoms with Crippen molar-refractivity contribution < 1.29 is 0 Å². The van der Waals surface area contributed by atoms with Crippen LogP contribution in [0, 0.1) is 0 Å². The minimum absolute atomic E-state index is 0.886. The summed E-state index contributed by atoms with van der Waals surface area (Å²) in [6.07, 6.45) is -0.886. The zero-order chi connectivity index (χ0) is 4.62. The highest BCUT2D eigenvalue weighted by Gasteiger charge is 2.11. The van der Waals surface area contributed by atoms with Gasteiger partial charge >= 0.3 is 0 Å². The van der Waals surface area contributed by atoms with Gasteiger partial charge in [0.2, 0.25) is 0 Å². The van der Waals surface area contributed by atoms with E-state index in [9.17, 15) is 0 Å². The van der Waals surface area contributed by atoms with Gasteiger partial charge in [0.1, 0.15) is 0 Å². The first-order valence-electron chi connectivity index (χ1n) is 1.35. The van der Waals surface area contributed by atoms with Crippen LogP contribution in [-0.2, 0) is 28.6 Å². The predicted molar refractivity (Wildman–Crippen MR) is 42.9 cm³/mol. The van der Waals surface area contributed by atoms with Gasteiger partial charge in [-0.3, -0.25) is 0 Å². The lowest BCUT2D eigenvalue weighted by Gasteiger charge is -2.16. The third-order valence-corrected chi connectivity index (χ3v) is 15.1. The van der Waals surface area contributed by atoms with Crippen molar-refractivity contribution in [1.29, 1.82) is 0 Å². The van der Waals surface area contributed by atoms with Crippen molar-refractivity contribution in [2.45, 2.75) is 0 Å². The fourth-order valence-corrected chi connectivity index (χ4v) is 9.39. The molecule has 0 aromatic carbocycles. The summed E-state index contributed by atoms with van der Waals surface area (Å²) in [7, 11) is 2.82. The summed E-state index contributed by atoms with van der Waals surface area (Å²) in [5, 5.41) is 0. The van der Waals surface area contributed by atoms with Crippen molar-refractivity contribution >= 4 is 46.8 Å². The fraction of sp³-hybridized carbons (Fsp3) is 1.00. The molecule has 36 valence electrons. The molecule has 0 N–H and O–H groups in total. The van der Waals surface area contributed by atoms with E-state index < -0.39 is 6.18 Å². The molecule has 0 spiro atoms. The lowest BCUT2D eigenvalue weighted by atomic mass is 11.9. The van der Waals surface area contributed by atoms with Crippen LogP contribution >= 0.6 is 18.2 Å². The van der Waals surface area contributed by atoms with Crippen LogP contribution in [0.15, 0.2) is 0 Å². The molecule has 1 aliphatic rings. The molecule has 1 aliphatic heterocycles. The van der Waals surface area contributed by atoms with Crippen molar-refractivity contribution in [1.82, 2.24) is 0 Å². The summed E-state index contributed by atoms with van der Waals surface area (Å²) in [5.74, 6) is 0. The standard InChI is InChI=1S/CH3PS4/c3-6(4)1-2-5-6/h2H,1H2. The van der Waals surface area contributed by atoms with Crippen molar-refractivity contribution in [2.24, 2.45) is 0 Å². The summed E-state index contributed by atoms with van der Waals surface area (Å²) in [6, 6.07) is 0. The van der Waals surface area contributed by atoms with Gasteiger partial charge in [0.05, 0.1) is 0 Å². The van der Waals surface area contributed by atoms with Crippen LogP contribution in [0.2, 0.25) is 0 Å². The van der Waals surface area contributed by atoms with Crippen molar-refractivity contribution in [3.63, 3.8) is 0 Å². The van der Waals surface area contributed by atoms with E-state index in [1.54, 1.807) is 10.4 Å². The van der Waals surface area contributed by atoms with Gasteiger partial charge in [0.25, 0.3) is 0 Å². The molecule has 1 atom stereocenters. The minimum Gasteiger partial charge on any atom is -0.0610 e. The lowest BCUT2D eigenvalue weighted by molar-refractivity contribution is 2.30. The van der Waals surface area contributed by atoms with Crippen LogP contribution in [0.25, 0.3) is 0 Å². The van der Waals surface area contributed by atoms with E-state index in [4.69, 9.17) is 22.4 Å². The summed E-state index contributed by atoms with van der Waals surface area (Å²) < 4.78 is 0. The van der Waals surface area contributed by atoms with Crippen LogP contribution in [0.5, 0.6) is 0 Å². The predicted octanol–water partition coefficient (Wildman–Crippen LogP) is 1.28. The van der Waals surface area contributed by atoms with Gasteiger partial charge in [-0.05, 0) is 36.3 Å².